The van der Waals surface area contributed by atoms with Crippen molar-refractivity contribution < 1.29 is 4.79 Å². The second-order valence-corrected chi connectivity index (χ2v) is 5.91. The van der Waals surface area contributed by atoms with Crippen LogP contribution >= 0.6 is 0 Å². The number of rotatable bonds is 8. The molecule has 0 aromatic heterocycles. The molecule has 106 valence electrons. The summed E-state index contributed by atoms with van der Waals surface area (Å²) < 4.78 is 0. The molecule has 0 aliphatic rings. The lowest BCUT2D eigenvalue weighted by molar-refractivity contribution is 0.0908. The van der Waals surface area contributed by atoms with Crippen LogP contribution in [0, 0.1) is 11.8 Å². The number of hydrogen-bond acceptors (Lipinski definition) is 1. The maximum Gasteiger partial charge on any atom is 0.165 e. The number of carbonyl (C=O) groups excluding carboxylic acids is 1. The van der Waals surface area contributed by atoms with E-state index in [0.717, 1.165) is 37.7 Å². The lowest BCUT2D eigenvalue weighted by Gasteiger charge is -2.14. The minimum atomic E-state index is 0.203. The Bertz CT molecular complexity index is 392. The number of benzene rings is 1. The Morgan fingerprint density at radius 1 is 1.21 bits per heavy atom. The van der Waals surface area contributed by atoms with Gasteiger partial charge in [-0.2, -0.15) is 0 Å². The minimum absolute atomic E-state index is 0.203. The van der Waals surface area contributed by atoms with Crippen LogP contribution in [0.15, 0.2) is 24.3 Å². The molecule has 0 saturated carbocycles. The van der Waals surface area contributed by atoms with Crippen LogP contribution in [-0.4, -0.2) is 5.78 Å². The second kappa shape index (κ2) is 8.14. The highest BCUT2D eigenvalue weighted by atomic mass is 16.1. The molecule has 0 bridgehead atoms. The van der Waals surface area contributed by atoms with Crippen molar-refractivity contribution in [3.05, 3.63) is 35.4 Å². The Balaban J connectivity index is 2.79. The third kappa shape index (κ3) is 5.18. The Morgan fingerprint density at radius 2 is 1.95 bits per heavy atom. The molecule has 1 heteroatoms. The summed E-state index contributed by atoms with van der Waals surface area (Å²) in [5.41, 5.74) is 2.19. The van der Waals surface area contributed by atoms with Crippen molar-refractivity contribution in [2.45, 2.75) is 59.8 Å². The van der Waals surface area contributed by atoms with Gasteiger partial charge in [0, 0.05) is 11.5 Å². The summed E-state index contributed by atoms with van der Waals surface area (Å²) in [7, 11) is 0. The summed E-state index contributed by atoms with van der Waals surface area (Å²) in [6, 6.07) is 8.22. The van der Waals surface area contributed by atoms with E-state index in [1.165, 1.54) is 5.56 Å². The average molecular weight is 260 g/mol. The van der Waals surface area contributed by atoms with Gasteiger partial charge in [-0.05, 0) is 36.8 Å². The third-order valence-electron chi connectivity index (χ3n) is 3.63. The van der Waals surface area contributed by atoms with Crippen LogP contribution in [0.1, 0.15) is 69.3 Å². The molecule has 1 nitrogen and oxygen atoms in total. The molecule has 0 heterocycles. The molecule has 0 spiro atoms. The molecule has 0 fully saturated rings. The Hall–Kier alpha value is -1.11. The molecule has 1 aromatic rings. The molecule has 1 rings (SSSR count). The van der Waals surface area contributed by atoms with E-state index in [2.05, 4.69) is 39.8 Å². The maximum atomic E-state index is 12.5. The molecule has 1 atom stereocenters. The fraction of sp³-hybridized carbons (Fsp3) is 0.611. The summed E-state index contributed by atoms with van der Waals surface area (Å²) in [4.78, 5) is 12.5. The van der Waals surface area contributed by atoms with Gasteiger partial charge in [-0.25, -0.2) is 0 Å². The molecular weight excluding hydrogens is 232 g/mol. The van der Waals surface area contributed by atoms with E-state index < -0.39 is 0 Å². The number of Topliss-reactive ketones (excluding diaryl/α,β-unsaturated/α-hetero) is 1. The SMILES string of the molecule is CCCCC(CC)C(=O)c1cccc(CC(C)C)c1. The zero-order valence-electron chi connectivity index (χ0n) is 12.9. The average Bonchev–Trinajstić information content (AvgIpc) is 2.39. The lowest BCUT2D eigenvalue weighted by atomic mass is 9.89. The summed E-state index contributed by atoms with van der Waals surface area (Å²) in [6.07, 6.45) is 5.34. The van der Waals surface area contributed by atoms with Gasteiger partial charge < -0.3 is 0 Å². The van der Waals surface area contributed by atoms with E-state index in [9.17, 15) is 4.79 Å². The lowest BCUT2D eigenvalue weighted by Crippen LogP contribution is -2.14. The molecule has 0 radical (unpaired) electrons. The topological polar surface area (TPSA) is 17.1 Å². The van der Waals surface area contributed by atoms with Gasteiger partial charge in [0.1, 0.15) is 0 Å². The van der Waals surface area contributed by atoms with Crippen LogP contribution in [-0.2, 0) is 6.42 Å². The first-order chi connectivity index (χ1) is 9.08. The van der Waals surface area contributed by atoms with Crippen LogP contribution in [0.5, 0.6) is 0 Å². The Morgan fingerprint density at radius 3 is 2.53 bits per heavy atom. The van der Waals surface area contributed by atoms with Gasteiger partial charge in [0.15, 0.2) is 5.78 Å². The van der Waals surface area contributed by atoms with Crippen LogP contribution in [0.25, 0.3) is 0 Å². The Labute approximate surface area is 118 Å². The minimum Gasteiger partial charge on any atom is -0.294 e. The zero-order valence-corrected chi connectivity index (χ0v) is 12.9. The summed E-state index contributed by atoms with van der Waals surface area (Å²) in [6.45, 7) is 8.73. The van der Waals surface area contributed by atoms with E-state index in [4.69, 9.17) is 0 Å². The van der Waals surface area contributed by atoms with Crippen molar-refractivity contribution in [3.8, 4) is 0 Å². The van der Waals surface area contributed by atoms with E-state index in [-0.39, 0.29) is 5.92 Å². The van der Waals surface area contributed by atoms with Crippen molar-refractivity contribution in [2.24, 2.45) is 11.8 Å². The van der Waals surface area contributed by atoms with E-state index in [1.54, 1.807) is 0 Å². The van der Waals surface area contributed by atoms with Crippen molar-refractivity contribution >= 4 is 5.78 Å². The molecular formula is C18H28O. The molecule has 1 unspecified atom stereocenters. The standard InChI is InChI=1S/C18H28O/c1-5-7-10-16(6-2)18(19)17-11-8-9-15(13-17)12-14(3)4/h8-9,11,13-14,16H,5-7,10,12H2,1-4H3. The van der Waals surface area contributed by atoms with Gasteiger partial charge in [0.25, 0.3) is 0 Å². The molecule has 1 aromatic carbocycles. The highest BCUT2D eigenvalue weighted by molar-refractivity contribution is 5.97. The smallest absolute Gasteiger partial charge is 0.165 e. The van der Waals surface area contributed by atoms with Gasteiger partial charge >= 0.3 is 0 Å². The summed E-state index contributed by atoms with van der Waals surface area (Å²) >= 11 is 0. The summed E-state index contributed by atoms with van der Waals surface area (Å²) in [5.74, 6) is 1.17. The quantitative estimate of drug-likeness (QED) is 0.581. The number of unbranched alkanes of at least 4 members (excludes halogenated alkanes) is 1. The van der Waals surface area contributed by atoms with Gasteiger partial charge in [0.05, 0.1) is 0 Å². The first-order valence-electron chi connectivity index (χ1n) is 7.71. The summed E-state index contributed by atoms with van der Waals surface area (Å²) in [5, 5.41) is 0. The maximum absolute atomic E-state index is 12.5. The van der Waals surface area contributed by atoms with Crippen molar-refractivity contribution in [3.63, 3.8) is 0 Å². The molecule has 0 N–H and O–H groups in total. The monoisotopic (exact) mass is 260 g/mol. The predicted molar refractivity (Wildman–Crippen MR) is 82.6 cm³/mol. The van der Waals surface area contributed by atoms with Gasteiger partial charge in [0.2, 0.25) is 0 Å². The van der Waals surface area contributed by atoms with Crippen molar-refractivity contribution in [2.75, 3.05) is 0 Å². The number of hydrogen-bond donors (Lipinski definition) is 0. The third-order valence-corrected chi connectivity index (χ3v) is 3.63. The van der Waals surface area contributed by atoms with E-state index in [1.807, 2.05) is 12.1 Å². The molecule has 0 amide bonds. The number of carbonyl (C=O) groups is 1. The Kier molecular flexibility index (Phi) is 6.83. The highest BCUT2D eigenvalue weighted by Gasteiger charge is 2.17. The number of ketones is 1. The van der Waals surface area contributed by atoms with Gasteiger partial charge in [-0.1, -0.05) is 58.7 Å². The fourth-order valence-electron chi connectivity index (χ4n) is 2.53. The van der Waals surface area contributed by atoms with Crippen LogP contribution in [0.3, 0.4) is 0 Å². The fourth-order valence-corrected chi connectivity index (χ4v) is 2.53. The van der Waals surface area contributed by atoms with Crippen molar-refractivity contribution in [1.29, 1.82) is 0 Å². The first kappa shape index (κ1) is 15.9. The normalized spacial score (nSPS) is 12.7. The highest BCUT2D eigenvalue weighted by Crippen LogP contribution is 2.20. The van der Waals surface area contributed by atoms with Crippen LogP contribution in [0.4, 0.5) is 0 Å². The molecule has 0 aliphatic carbocycles. The second-order valence-electron chi connectivity index (χ2n) is 5.91. The van der Waals surface area contributed by atoms with E-state index in [0.29, 0.717) is 11.7 Å². The first-order valence-corrected chi connectivity index (χ1v) is 7.71. The zero-order chi connectivity index (χ0) is 14.3. The van der Waals surface area contributed by atoms with Crippen LogP contribution in [0.2, 0.25) is 0 Å². The molecule has 0 saturated heterocycles. The van der Waals surface area contributed by atoms with E-state index >= 15 is 0 Å². The largest absolute Gasteiger partial charge is 0.294 e. The molecule has 0 aliphatic heterocycles. The predicted octanol–water partition coefficient (Wildman–Crippen LogP) is 5.28. The van der Waals surface area contributed by atoms with Crippen molar-refractivity contribution in [1.82, 2.24) is 0 Å². The molecule has 19 heavy (non-hydrogen) atoms. The van der Waals surface area contributed by atoms with Gasteiger partial charge in [-0.15, -0.1) is 0 Å². The van der Waals surface area contributed by atoms with Crippen LogP contribution < -0.4 is 0 Å². The van der Waals surface area contributed by atoms with Gasteiger partial charge in [-0.3, -0.25) is 4.79 Å².